The molecule has 0 spiro atoms. The number of benzene rings is 2. The van der Waals surface area contributed by atoms with Gasteiger partial charge in [0.05, 0.1) is 17.1 Å². The van der Waals surface area contributed by atoms with Crippen molar-refractivity contribution in [1.29, 1.82) is 0 Å². The number of carbonyl (C=O) groups is 1. The van der Waals surface area contributed by atoms with E-state index < -0.39 is 16.1 Å². The average molecular weight is 409 g/mol. The van der Waals surface area contributed by atoms with Gasteiger partial charge in [-0.3, -0.25) is 4.79 Å². The summed E-state index contributed by atoms with van der Waals surface area (Å²) in [6.45, 7) is 1.69. The Morgan fingerprint density at radius 1 is 1.22 bits per heavy atom. The van der Waals surface area contributed by atoms with E-state index in [1.165, 1.54) is 30.8 Å². The van der Waals surface area contributed by atoms with Crippen LogP contribution in [-0.2, 0) is 14.8 Å². The van der Waals surface area contributed by atoms with Gasteiger partial charge >= 0.3 is 0 Å². The predicted molar refractivity (Wildman–Crippen MR) is 104 cm³/mol. The van der Waals surface area contributed by atoms with E-state index in [0.29, 0.717) is 17.2 Å². The van der Waals surface area contributed by atoms with Gasteiger partial charge in [-0.05, 0) is 36.6 Å². The summed E-state index contributed by atoms with van der Waals surface area (Å²) in [6.07, 6.45) is 1.42. The summed E-state index contributed by atoms with van der Waals surface area (Å²) in [5.41, 5.74) is 0.462. The molecule has 2 N–H and O–H groups in total. The molecule has 0 saturated heterocycles. The Bertz CT molecular complexity index is 947. The fourth-order valence-corrected chi connectivity index (χ4v) is 4.22. The van der Waals surface area contributed by atoms with E-state index in [2.05, 4.69) is 10.0 Å². The van der Waals surface area contributed by atoms with Gasteiger partial charge in [-0.2, -0.15) is 0 Å². The molecule has 0 bridgehead atoms. The topological polar surface area (TPSA) is 93.7 Å². The summed E-state index contributed by atoms with van der Waals surface area (Å²) in [6, 6.07) is 11.9. The number of thioether (sulfide) groups is 1. The summed E-state index contributed by atoms with van der Waals surface area (Å²) < 4.78 is 39.2. The number of para-hydroxylation sites is 2. The minimum Gasteiger partial charge on any atom is -0.486 e. The SMILES string of the molecule is CSc1ccc(S(=O)(=O)NC[C@@H]2COc3ccccc3O2)cc1NC(C)=O. The van der Waals surface area contributed by atoms with E-state index in [9.17, 15) is 13.2 Å². The first-order chi connectivity index (χ1) is 12.9. The molecule has 1 heterocycles. The predicted octanol–water partition coefficient (Wildman–Crippen LogP) is 2.49. The maximum Gasteiger partial charge on any atom is 0.240 e. The van der Waals surface area contributed by atoms with Crippen LogP contribution in [0.4, 0.5) is 5.69 Å². The molecule has 0 fully saturated rings. The third-order valence-electron chi connectivity index (χ3n) is 3.86. The fourth-order valence-electron chi connectivity index (χ4n) is 2.59. The first kappa shape index (κ1) is 19.5. The molecular weight excluding hydrogens is 388 g/mol. The van der Waals surface area contributed by atoms with E-state index in [0.717, 1.165) is 4.90 Å². The molecule has 144 valence electrons. The highest BCUT2D eigenvalue weighted by molar-refractivity contribution is 7.98. The van der Waals surface area contributed by atoms with Crippen molar-refractivity contribution in [2.45, 2.75) is 22.8 Å². The molecule has 1 aliphatic heterocycles. The smallest absolute Gasteiger partial charge is 0.240 e. The summed E-state index contributed by atoms with van der Waals surface area (Å²) in [5, 5.41) is 2.66. The van der Waals surface area contributed by atoms with E-state index in [-0.39, 0.29) is 24.0 Å². The van der Waals surface area contributed by atoms with E-state index in [1.54, 1.807) is 18.2 Å². The molecule has 3 rings (SSSR count). The first-order valence-corrected chi connectivity index (χ1v) is 10.9. The highest BCUT2D eigenvalue weighted by atomic mass is 32.2. The molecule has 2 aromatic rings. The molecule has 7 nitrogen and oxygen atoms in total. The van der Waals surface area contributed by atoms with Gasteiger partial charge in [-0.1, -0.05) is 12.1 Å². The summed E-state index contributed by atoms with van der Waals surface area (Å²) in [5.74, 6) is 0.966. The standard InChI is InChI=1S/C18H20N2O5S2/c1-12(21)20-15-9-14(7-8-18(15)26-2)27(22,23)19-10-13-11-24-16-5-3-4-6-17(16)25-13/h3-9,13,19H,10-11H2,1-2H3,(H,20,21)/t13-/m1/s1. The lowest BCUT2D eigenvalue weighted by molar-refractivity contribution is -0.114. The van der Waals surface area contributed by atoms with Gasteiger partial charge in [-0.15, -0.1) is 11.8 Å². The zero-order valence-corrected chi connectivity index (χ0v) is 16.5. The number of sulfonamides is 1. The monoisotopic (exact) mass is 408 g/mol. The number of ether oxygens (including phenoxy) is 2. The Hall–Kier alpha value is -2.23. The Labute approximate surface area is 162 Å². The second kappa shape index (κ2) is 8.20. The largest absolute Gasteiger partial charge is 0.486 e. The number of amides is 1. The van der Waals surface area contributed by atoms with Crippen LogP contribution in [0.5, 0.6) is 11.5 Å². The van der Waals surface area contributed by atoms with Crippen LogP contribution in [-0.4, -0.2) is 39.8 Å². The van der Waals surface area contributed by atoms with E-state index in [1.807, 2.05) is 18.4 Å². The number of anilines is 1. The maximum atomic E-state index is 12.6. The van der Waals surface area contributed by atoms with Crippen LogP contribution in [0.1, 0.15) is 6.92 Å². The number of nitrogens with one attached hydrogen (secondary N) is 2. The fraction of sp³-hybridized carbons (Fsp3) is 0.278. The highest BCUT2D eigenvalue weighted by Crippen LogP contribution is 2.31. The van der Waals surface area contributed by atoms with Gasteiger partial charge in [0.15, 0.2) is 11.5 Å². The molecule has 0 saturated carbocycles. The molecule has 1 amide bonds. The second-order valence-corrected chi connectivity index (χ2v) is 8.51. The van der Waals surface area contributed by atoms with Gasteiger partial charge in [0.1, 0.15) is 12.7 Å². The molecule has 9 heteroatoms. The van der Waals surface area contributed by atoms with Crippen LogP contribution in [0.15, 0.2) is 52.3 Å². The van der Waals surface area contributed by atoms with Crippen LogP contribution in [0, 0.1) is 0 Å². The zero-order valence-electron chi connectivity index (χ0n) is 14.9. The highest BCUT2D eigenvalue weighted by Gasteiger charge is 2.24. The Morgan fingerprint density at radius 3 is 2.67 bits per heavy atom. The van der Waals surface area contributed by atoms with Gasteiger partial charge < -0.3 is 14.8 Å². The minimum absolute atomic E-state index is 0.0659. The molecule has 2 aromatic carbocycles. The Kier molecular flexibility index (Phi) is 5.93. The van der Waals surface area contributed by atoms with Crippen LogP contribution in [0.25, 0.3) is 0 Å². The number of carbonyl (C=O) groups excluding carboxylic acids is 1. The molecule has 0 aromatic heterocycles. The van der Waals surface area contributed by atoms with Crippen LogP contribution in [0.3, 0.4) is 0 Å². The summed E-state index contributed by atoms with van der Waals surface area (Å²) in [7, 11) is -3.77. The molecule has 27 heavy (non-hydrogen) atoms. The van der Waals surface area contributed by atoms with Crippen molar-refractivity contribution in [3.8, 4) is 11.5 Å². The molecule has 1 atom stereocenters. The van der Waals surface area contributed by atoms with Crippen molar-refractivity contribution in [3.05, 3.63) is 42.5 Å². The van der Waals surface area contributed by atoms with Crippen LogP contribution in [0.2, 0.25) is 0 Å². The minimum atomic E-state index is -3.77. The third kappa shape index (κ3) is 4.74. The number of hydrogen-bond donors (Lipinski definition) is 2. The lowest BCUT2D eigenvalue weighted by atomic mass is 10.2. The van der Waals surface area contributed by atoms with Crippen molar-refractivity contribution >= 4 is 33.4 Å². The Balaban J connectivity index is 1.71. The van der Waals surface area contributed by atoms with Crippen molar-refractivity contribution < 1.29 is 22.7 Å². The van der Waals surface area contributed by atoms with Crippen LogP contribution >= 0.6 is 11.8 Å². The summed E-state index contributed by atoms with van der Waals surface area (Å²) in [4.78, 5) is 12.2. The normalized spacial score (nSPS) is 16.0. The van der Waals surface area contributed by atoms with E-state index >= 15 is 0 Å². The lowest BCUT2D eigenvalue weighted by Crippen LogP contribution is -2.40. The Morgan fingerprint density at radius 2 is 1.96 bits per heavy atom. The summed E-state index contributed by atoms with van der Waals surface area (Å²) >= 11 is 1.42. The second-order valence-electron chi connectivity index (χ2n) is 5.89. The molecule has 1 aliphatic rings. The van der Waals surface area contributed by atoms with Gasteiger partial charge in [-0.25, -0.2) is 13.1 Å². The lowest BCUT2D eigenvalue weighted by Gasteiger charge is -2.26. The number of rotatable bonds is 6. The van der Waals surface area contributed by atoms with Crippen molar-refractivity contribution in [3.63, 3.8) is 0 Å². The van der Waals surface area contributed by atoms with Crippen molar-refractivity contribution in [1.82, 2.24) is 4.72 Å². The quantitative estimate of drug-likeness (QED) is 0.714. The van der Waals surface area contributed by atoms with Gasteiger partial charge in [0.2, 0.25) is 15.9 Å². The van der Waals surface area contributed by atoms with Crippen molar-refractivity contribution in [2.75, 3.05) is 24.7 Å². The number of hydrogen-bond acceptors (Lipinski definition) is 6. The van der Waals surface area contributed by atoms with Gasteiger partial charge in [0.25, 0.3) is 0 Å². The molecule has 0 aliphatic carbocycles. The third-order valence-corrected chi connectivity index (χ3v) is 6.08. The number of fused-ring (bicyclic) bond motifs is 1. The first-order valence-electron chi connectivity index (χ1n) is 8.23. The van der Waals surface area contributed by atoms with Gasteiger partial charge in [0, 0.05) is 11.8 Å². The van der Waals surface area contributed by atoms with Crippen LogP contribution < -0.4 is 19.5 Å². The average Bonchev–Trinajstić information content (AvgIpc) is 2.66. The van der Waals surface area contributed by atoms with E-state index in [4.69, 9.17) is 9.47 Å². The van der Waals surface area contributed by atoms with Crippen molar-refractivity contribution in [2.24, 2.45) is 0 Å². The molecule has 0 unspecified atom stereocenters. The molecular formula is C18H20N2O5S2. The maximum absolute atomic E-state index is 12.6. The molecule has 0 radical (unpaired) electrons. The zero-order chi connectivity index (χ0) is 19.4.